The molecule has 1 aliphatic heterocycles. The predicted octanol–water partition coefficient (Wildman–Crippen LogP) is 7.00. The zero-order valence-electron chi connectivity index (χ0n) is 21.6. The molecule has 38 heavy (non-hydrogen) atoms. The molecule has 0 aliphatic carbocycles. The van der Waals surface area contributed by atoms with Crippen LogP contribution < -0.4 is 14.8 Å². The Morgan fingerprint density at radius 2 is 1.66 bits per heavy atom. The number of aromatic nitrogens is 3. The van der Waals surface area contributed by atoms with E-state index in [0.29, 0.717) is 11.6 Å². The molecule has 1 aliphatic rings. The van der Waals surface area contributed by atoms with E-state index >= 15 is 0 Å². The van der Waals surface area contributed by atoms with Crippen LogP contribution in [0.25, 0.3) is 28.2 Å². The van der Waals surface area contributed by atoms with Crippen LogP contribution in [0.5, 0.6) is 11.5 Å². The lowest BCUT2D eigenvalue weighted by Crippen LogP contribution is -2.15. The summed E-state index contributed by atoms with van der Waals surface area (Å²) >= 11 is 6.10. The van der Waals surface area contributed by atoms with Crippen LogP contribution in [0.3, 0.4) is 0 Å². The minimum Gasteiger partial charge on any atom is -0.497 e. The van der Waals surface area contributed by atoms with Gasteiger partial charge in [0.25, 0.3) is 0 Å². The van der Waals surface area contributed by atoms with Crippen LogP contribution in [-0.4, -0.2) is 32.9 Å². The van der Waals surface area contributed by atoms with Gasteiger partial charge in [-0.05, 0) is 68.1 Å². The van der Waals surface area contributed by atoms with Crippen LogP contribution in [0.1, 0.15) is 31.0 Å². The Hall–Kier alpha value is -4.10. The standard InChI is InChI=1S/C31H30N4O2S/c1-3-37-25-18-14-23(15-19-25)32-30(38)28-27(21-12-16-24(36-2)17-13-21)26-11-7-8-20-34-29(33-35(28)31(26)34)22-9-5-4-6-10-22/h4-6,9-10,12-19H,3,7-8,11,20H2,1-2H3,(H,32,38). The predicted molar refractivity (Wildman–Crippen MR) is 156 cm³/mol. The molecule has 0 spiro atoms. The third-order valence-electron chi connectivity index (χ3n) is 7.03. The lowest BCUT2D eigenvalue weighted by atomic mass is 9.98. The van der Waals surface area contributed by atoms with E-state index < -0.39 is 0 Å². The number of ether oxygens (including phenoxy) is 2. The van der Waals surface area contributed by atoms with Gasteiger partial charge in [0, 0.05) is 28.9 Å². The minimum atomic E-state index is 0.631. The molecule has 6 rings (SSSR count). The van der Waals surface area contributed by atoms with Crippen molar-refractivity contribution in [1.29, 1.82) is 0 Å². The Bertz CT molecular complexity index is 1590. The molecule has 0 bridgehead atoms. The van der Waals surface area contributed by atoms with Crippen molar-refractivity contribution in [2.24, 2.45) is 0 Å². The highest BCUT2D eigenvalue weighted by Crippen LogP contribution is 2.39. The highest BCUT2D eigenvalue weighted by atomic mass is 32.1. The van der Waals surface area contributed by atoms with E-state index in [-0.39, 0.29) is 0 Å². The lowest BCUT2D eigenvalue weighted by molar-refractivity contribution is 0.340. The second-order valence-corrected chi connectivity index (χ2v) is 9.78. The number of anilines is 1. The van der Waals surface area contributed by atoms with Crippen LogP contribution in [0.2, 0.25) is 0 Å². The maximum Gasteiger partial charge on any atom is 0.162 e. The first-order valence-corrected chi connectivity index (χ1v) is 13.5. The van der Waals surface area contributed by atoms with E-state index in [9.17, 15) is 0 Å². The van der Waals surface area contributed by atoms with Gasteiger partial charge >= 0.3 is 0 Å². The first-order valence-electron chi connectivity index (χ1n) is 13.1. The van der Waals surface area contributed by atoms with Crippen molar-refractivity contribution in [3.05, 3.63) is 90.1 Å². The number of hydrogen-bond donors (Lipinski definition) is 1. The fourth-order valence-corrected chi connectivity index (χ4v) is 5.62. The number of methoxy groups -OCH3 is 1. The Morgan fingerprint density at radius 3 is 2.37 bits per heavy atom. The Kier molecular flexibility index (Phi) is 6.60. The van der Waals surface area contributed by atoms with Crippen molar-refractivity contribution in [3.63, 3.8) is 0 Å². The number of thiocarbonyl (C=S) groups is 1. The summed E-state index contributed by atoms with van der Waals surface area (Å²) in [6, 6.07) is 26.5. The van der Waals surface area contributed by atoms with Gasteiger partial charge in [-0.25, -0.2) is 4.52 Å². The quantitative estimate of drug-likeness (QED) is 0.233. The molecular weight excluding hydrogens is 492 g/mol. The largest absolute Gasteiger partial charge is 0.497 e. The molecule has 7 heteroatoms. The smallest absolute Gasteiger partial charge is 0.162 e. The number of nitrogens with one attached hydrogen (secondary N) is 1. The lowest BCUT2D eigenvalue weighted by Gasteiger charge is -2.12. The molecule has 6 nitrogen and oxygen atoms in total. The molecule has 0 unspecified atom stereocenters. The third kappa shape index (κ3) is 4.33. The third-order valence-corrected chi connectivity index (χ3v) is 7.33. The second-order valence-electron chi connectivity index (χ2n) is 9.38. The second kappa shape index (κ2) is 10.3. The minimum absolute atomic E-state index is 0.631. The summed E-state index contributed by atoms with van der Waals surface area (Å²) in [7, 11) is 1.69. The van der Waals surface area contributed by atoms with Crippen molar-refractivity contribution in [1.82, 2.24) is 14.2 Å². The summed E-state index contributed by atoms with van der Waals surface area (Å²) in [5.41, 5.74) is 7.56. The average molecular weight is 523 g/mol. The maximum absolute atomic E-state index is 6.10. The van der Waals surface area contributed by atoms with E-state index in [4.69, 9.17) is 26.8 Å². The van der Waals surface area contributed by atoms with E-state index in [1.807, 2.05) is 49.4 Å². The number of hydrogen-bond acceptors (Lipinski definition) is 4. The average Bonchev–Trinajstić information content (AvgIpc) is 3.38. The van der Waals surface area contributed by atoms with Gasteiger partial charge < -0.3 is 19.4 Å². The first-order chi connectivity index (χ1) is 18.7. The molecule has 192 valence electrons. The van der Waals surface area contributed by atoms with Crippen LogP contribution in [0.4, 0.5) is 5.69 Å². The highest BCUT2D eigenvalue weighted by molar-refractivity contribution is 7.81. The molecule has 0 fully saturated rings. The molecule has 0 saturated carbocycles. The van der Waals surface area contributed by atoms with Crippen molar-refractivity contribution in [2.75, 3.05) is 19.0 Å². The van der Waals surface area contributed by atoms with Crippen LogP contribution in [0.15, 0.2) is 78.9 Å². The first kappa shape index (κ1) is 24.2. The molecule has 0 amide bonds. The number of rotatable bonds is 7. The summed E-state index contributed by atoms with van der Waals surface area (Å²) in [6.45, 7) is 3.54. The summed E-state index contributed by atoms with van der Waals surface area (Å²) in [5.74, 6) is 2.63. The van der Waals surface area contributed by atoms with E-state index in [1.54, 1.807) is 7.11 Å². The monoisotopic (exact) mass is 522 g/mol. The van der Waals surface area contributed by atoms with Gasteiger partial charge in [0.15, 0.2) is 5.82 Å². The van der Waals surface area contributed by atoms with Crippen molar-refractivity contribution in [2.45, 2.75) is 32.7 Å². The summed E-state index contributed by atoms with van der Waals surface area (Å²) in [6.07, 6.45) is 3.18. The summed E-state index contributed by atoms with van der Waals surface area (Å²) in [5, 5.41) is 8.66. The maximum atomic E-state index is 6.10. The normalized spacial score (nSPS) is 12.8. The van der Waals surface area contributed by atoms with Gasteiger partial charge in [-0.2, -0.15) is 0 Å². The molecular formula is C31H30N4O2S. The Morgan fingerprint density at radius 1 is 0.921 bits per heavy atom. The number of benzene rings is 3. The molecule has 2 aromatic heterocycles. The van der Waals surface area contributed by atoms with Crippen LogP contribution in [-0.2, 0) is 13.0 Å². The highest BCUT2D eigenvalue weighted by Gasteiger charge is 2.29. The fourth-order valence-electron chi connectivity index (χ4n) is 5.31. The zero-order chi connectivity index (χ0) is 26.1. The fraction of sp³-hybridized carbons (Fsp3) is 0.226. The molecule has 0 atom stereocenters. The van der Waals surface area contributed by atoms with Gasteiger partial charge in [0.05, 0.1) is 13.7 Å². The SMILES string of the molecule is CCOc1ccc(NC(=S)c2c(-c3ccc(OC)cc3)c3c4n(c(-c5ccccc5)nn24)CCCC3)cc1. The van der Waals surface area contributed by atoms with Crippen LogP contribution in [0, 0.1) is 0 Å². The summed E-state index contributed by atoms with van der Waals surface area (Å²) in [4.78, 5) is 0.631. The van der Waals surface area contributed by atoms with Gasteiger partial charge in [-0.15, -0.1) is 5.10 Å². The Balaban J connectivity index is 1.54. The van der Waals surface area contributed by atoms with Crippen molar-refractivity contribution < 1.29 is 9.47 Å². The molecule has 5 aromatic rings. The van der Waals surface area contributed by atoms with E-state index in [0.717, 1.165) is 76.8 Å². The van der Waals surface area contributed by atoms with Gasteiger partial charge in [-0.1, -0.05) is 54.7 Å². The molecule has 3 heterocycles. The van der Waals surface area contributed by atoms with E-state index in [2.05, 4.69) is 50.8 Å². The van der Waals surface area contributed by atoms with Gasteiger partial charge in [-0.3, -0.25) is 0 Å². The molecule has 3 aromatic carbocycles. The zero-order valence-corrected chi connectivity index (χ0v) is 22.4. The Labute approximate surface area is 227 Å². The van der Waals surface area contributed by atoms with Gasteiger partial charge in [0.1, 0.15) is 27.8 Å². The van der Waals surface area contributed by atoms with Gasteiger partial charge in [0.2, 0.25) is 0 Å². The number of aryl methyl sites for hydroxylation is 2. The molecule has 0 saturated heterocycles. The van der Waals surface area contributed by atoms with Crippen molar-refractivity contribution in [3.8, 4) is 34.0 Å². The number of nitrogens with zero attached hydrogens (tertiary/aromatic N) is 3. The summed E-state index contributed by atoms with van der Waals surface area (Å²) < 4.78 is 15.5. The molecule has 1 N–H and O–H groups in total. The van der Waals surface area contributed by atoms with Crippen LogP contribution >= 0.6 is 12.2 Å². The topological polar surface area (TPSA) is 52.7 Å². The van der Waals surface area contributed by atoms with Crippen molar-refractivity contribution >= 4 is 28.5 Å². The molecule has 0 radical (unpaired) electrons. The van der Waals surface area contributed by atoms with E-state index in [1.165, 1.54) is 5.56 Å².